The summed E-state index contributed by atoms with van der Waals surface area (Å²) < 4.78 is 24.3. The molecule has 0 aliphatic heterocycles. The van der Waals surface area contributed by atoms with E-state index in [2.05, 4.69) is 21.1 Å². The number of benzene rings is 1. The van der Waals surface area contributed by atoms with E-state index in [-0.39, 0.29) is 0 Å². The number of pyridine rings is 1. The van der Waals surface area contributed by atoms with E-state index in [4.69, 9.17) is 0 Å². The Kier molecular flexibility index (Phi) is 5.05. The smallest absolute Gasteiger partial charge is 0.208 e. The Labute approximate surface area is 119 Å². The van der Waals surface area contributed by atoms with Crippen molar-refractivity contribution < 1.29 is 8.42 Å². The fraction of sp³-hybridized carbons (Fsp3) is 0.357. The lowest BCUT2D eigenvalue weighted by atomic mass is 10.1. The summed E-state index contributed by atoms with van der Waals surface area (Å²) in [5.41, 5.74) is 1.22. The largest absolute Gasteiger partial charge is 0.313 e. The molecular formula is C14H19N3O2S. The number of sulfonamides is 1. The Morgan fingerprint density at radius 3 is 2.85 bits per heavy atom. The molecule has 2 rings (SSSR count). The van der Waals surface area contributed by atoms with Gasteiger partial charge in [0, 0.05) is 30.9 Å². The summed E-state index contributed by atoms with van der Waals surface area (Å²) in [5, 5.41) is 5.65. The van der Waals surface area contributed by atoms with Gasteiger partial charge in [0.15, 0.2) is 0 Å². The zero-order chi connectivity index (χ0) is 14.4. The van der Waals surface area contributed by atoms with Crippen LogP contribution in [0.15, 0.2) is 36.7 Å². The minimum atomic E-state index is -3.08. The average molecular weight is 293 g/mol. The molecule has 2 aromatic rings. The molecule has 0 amide bonds. The van der Waals surface area contributed by atoms with Crippen molar-refractivity contribution in [1.29, 1.82) is 0 Å². The van der Waals surface area contributed by atoms with Gasteiger partial charge in [-0.2, -0.15) is 0 Å². The van der Waals surface area contributed by atoms with Gasteiger partial charge in [0.25, 0.3) is 0 Å². The third kappa shape index (κ3) is 4.56. The highest BCUT2D eigenvalue weighted by atomic mass is 32.2. The fourth-order valence-corrected chi connectivity index (χ4v) is 2.55. The van der Waals surface area contributed by atoms with Crippen LogP contribution < -0.4 is 10.0 Å². The normalized spacial score (nSPS) is 11.8. The summed E-state index contributed by atoms with van der Waals surface area (Å²) in [7, 11) is -3.08. The summed E-state index contributed by atoms with van der Waals surface area (Å²) in [6.45, 7) is 2.00. The van der Waals surface area contributed by atoms with Crippen molar-refractivity contribution in [3.05, 3.63) is 42.2 Å². The third-order valence-corrected chi connectivity index (χ3v) is 3.71. The summed E-state index contributed by atoms with van der Waals surface area (Å²) >= 11 is 0. The van der Waals surface area contributed by atoms with Crippen LogP contribution in [0.5, 0.6) is 0 Å². The minimum Gasteiger partial charge on any atom is -0.313 e. The lowest BCUT2D eigenvalue weighted by molar-refractivity contribution is 0.579. The fourth-order valence-electron chi connectivity index (χ4n) is 2.04. The number of nitrogens with zero attached hydrogens (tertiary/aromatic N) is 1. The lowest BCUT2D eigenvalue weighted by Gasteiger charge is -2.08. The van der Waals surface area contributed by atoms with Gasteiger partial charge in [-0.25, -0.2) is 13.1 Å². The maximum atomic E-state index is 10.9. The zero-order valence-electron chi connectivity index (χ0n) is 11.5. The van der Waals surface area contributed by atoms with Crippen molar-refractivity contribution in [2.75, 3.05) is 19.3 Å². The molecule has 2 N–H and O–H groups in total. The number of rotatable bonds is 7. The molecule has 0 aliphatic carbocycles. The van der Waals surface area contributed by atoms with Crippen LogP contribution in [-0.2, 0) is 16.6 Å². The molecule has 0 bridgehead atoms. The van der Waals surface area contributed by atoms with Gasteiger partial charge in [-0.05, 0) is 30.0 Å². The topological polar surface area (TPSA) is 71.1 Å². The van der Waals surface area contributed by atoms with E-state index >= 15 is 0 Å². The first-order chi connectivity index (χ1) is 9.56. The van der Waals surface area contributed by atoms with Crippen LogP contribution in [0.3, 0.4) is 0 Å². The van der Waals surface area contributed by atoms with Crippen molar-refractivity contribution in [3.63, 3.8) is 0 Å². The van der Waals surface area contributed by atoms with E-state index in [0.717, 1.165) is 24.9 Å². The number of hydrogen-bond acceptors (Lipinski definition) is 4. The molecule has 0 unspecified atom stereocenters. The number of nitrogens with one attached hydrogen (secondary N) is 2. The van der Waals surface area contributed by atoms with Crippen LogP contribution >= 0.6 is 0 Å². The first kappa shape index (κ1) is 14.9. The van der Waals surface area contributed by atoms with Gasteiger partial charge >= 0.3 is 0 Å². The van der Waals surface area contributed by atoms with E-state index in [0.29, 0.717) is 6.54 Å². The molecule has 108 valence electrons. The van der Waals surface area contributed by atoms with Gasteiger partial charge in [0.05, 0.1) is 6.26 Å². The second kappa shape index (κ2) is 6.78. The van der Waals surface area contributed by atoms with Crippen LogP contribution in [0.2, 0.25) is 0 Å². The zero-order valence-corrected chi connectivity index (χ0v) is 12.3. The predicted molar refractivity (Wildman–Crippen MR) is 80.9 cm³/mol. The molecular weight excluding hydrogens is 274 g/mol. The van der Waals surface area contributed by atoms with E-state index in [1.807, 2.05) is 24.4 Å². The molecule has 0 radical (unpaired) electrons. The predicted octanol–water partition coefficient (Wildman–Crippen LogP) is 1.26. The molecule has 0 spiro atoms. The maximum Gasteiger partial charge on any atom is 0.208 e. The van der Waals surface area contributed by atoms with E-state index in [1.165, 1.54) is 17.2 Å². The number of hydrogen-bond donors (Lipinski definition) is 2. The number of fused-ring (bicyclic) bond motifs is 1. The van der Waals surface area contributed by atoms with Gasteiger partial charge in [-0.1, -0.05) is 18.2 Å². The first-order valence-corrected chi connectivity index (χ1v) is 8.42. The van der Waals surface area contributed by atoms with E-state index < -0.39 is 10.0 Å². The van der Waals surface area contributed by atoms with Crippen LogP contribution in [0.25, 0.3) is 10.8 Å². The molecule has 0 saturated carbocycles. The Bertz CT molecular complexity index is 666. The highest BCUT2D eigenvalue weighted by Crippen LogP contribution is 2.16. The second-order valence-corrected chi connectivity index (χ2v) is 6.54. The van der Waals surface area contributed by atoms with E-state index in [1.54, 1.807) is 6.20 Å². The SMILES string of the molecule is CS(=O)(=O)NCCCNCc1cccc2cnccc12. The Morgan fingerprint density at radius 2 is 2.05 bits per heavy atom. The minimum absolute atomic E-state index is 0.464. The highest BCUT2D eigenvalue weighted by Gasteiger charge is 2.01. The second-order valence-electron chi connectivity index (χ2n) is 4.71. The van der Waals surface area contributed by atoms with Gasteiger partial charge in [0.1, 0.15) is 0 Å². The van der Waals surface area contributed by atoms with Gasteiger partial charge in [-0.15, -0.1) is 0 Å². The third-order valence-electron chi connectivity index (χ3n) is 2.98. The lowest BCUT2D eigenvalue weighted by Crippen LogP contribution is -2.26. The molecule has 0 atom stereocenters. The van der Waals surface area contributed by atoms with Crippen molar-refractivity contribution >= 4 is 20.8 Å². The van der Waals surface area contributed by atoms with Crippen LogP contribution in [0.1, 0.15) is 12.0 Å². The molecule has 1 heterocycles. The van der Waals surface area contributed by atoms with Crippen LogP contribution in [-0.4, -0.2) is 32.7 Å². The summed E-state index contributed by atoms with van der Waals surface area (Å²) in [5.74, 6) is 0. The quantitative estimate of drug-likeness (QED) is 0.754. The molecule has 1 aromatic carbocycles. The first-order valence-electron chi connectivity index (χ1n) is 6.53. The number of aromatic nitrogens is 1. The Hall–Kier alpha value is -1.50. The molecule has 0 fully saturated rings. The van der Waals surface area contributed by atoms with Crippen molar-refractivity contribution in [2.24, 2.45) is 0 Å². The standard InChI is InChI=1S/C14H19N3O2S/c1-20(18,19)17-8-3-7-15-10-12-4-2-5-13-11-16-9-6-14(12)13/h2,4-6,9,11,15,17H,3,7-8,10H2,1H3. The molecule has 5 nitrogen and oxygen atoms in total. The molecule has 0 saturated heterocycles. The summed E-state index contributed by atoms with van der Waals surface area (Å²) in [6.07, 6.45) is 5.58. The Balaban J connectivity index is 1.82. The van der Waals surface area contributed by atoms with Gasteiger partial charge < -0.3 is 5.32 Å². The van der Waals surface area contributed by atoms with Crippen molar-refractivity contribution in [2.45, 2.75) is 13.0 Å². The monoisotopic (exact) mass is 293 g/mol. The van der Waals surface area contributed by atoms with Crippen LogP contribution in [0.4, 0.5) is 0 Å². The molecule has 20 heavy (non-hydrogen) atoms. The molecule has 0 aliphatic rings. The molecule has 6 heteroatoms. The van der Waals surface area contributed by atoms with Gasteiger partial charge in [-0.3, -0.25) is 4.98 Å². The Morgan fingerprint density at radius 1 is 1.20 bits per heavy atom. The summed E-state index contributed by atoms with van der Waals surface area (Å²) in [4.78, 5) is 4.11. The van der Waals surface area contributed by atoms with Crippen molar-refractivity contribution in [1.82, 2.24) is 15.0 Å². The van der Waals surface area contributed by atoms with E-state index in [9.17, 15) is 8.42 Å². The maximum absolute atomic E-state index is 10.9. The summed E-state index contributed by atoms with van der Waals surface area (Å²) in [6, 6.07) is 8.16. The van der Waals surface area contributed by atoms with Crippen LogP contribution in [0, 0.1) is 0 Å². The average Bonchev–Trinajstić information content (AvgIpc) is 2.41. The molecule has 1 aromatic heterocycles. The highest BCUT2D eigenvalue weighted by molar-refractivity contribution is 7.88. The van der Waals surface area contributed by atoms with Gasteiger partial charge in [0.2, 0.25) is 10.0 Å². The van der Waals surface area contributed by atoms with Crippen molar-refractivity contribution in [3.8, 4) is 0 Å².